The number of carboxylic acid groups (broad SMARTS) is 3. The van der Waals surface area contributed by atoms with Gasteiger partial charge in [-0.15, -0.1) is 0 Å². The van der Waals surface area contributed by atoms with E-state index in [4.69, 9.17) is 38.9 Å². The number of rotatable bonds is 4. The summed E-state index contributed by atoms with van der Waals surface area (Å²) in [5, 5.41) is 21.4. The predicted octanol–water partition coefficient (Wildman–Crippen LogP) is 3.26. The molecule has 11 nitrogen and oxygen atoms in total. The Balaban J connectivity index is 0.000000379. The fourth-order valence-electron chi connectivity index (χ4n) is 4.36. The van der Waals surface area contributed by atoms with Crippen LogP contribution in [-0.2, 0) is 25.7 Å². The van der Waals surface area contributed by atoms with E-state index in [0.29, 0.717) is 12.0 Å². The Morgan fingerprint density at radius 2 is 1.30 bits per heavy atom. The smallest absolute Gasteiger partial charge is 0.475 e. The number of nitrogens with zero attached hydrogens (tertiary/aromatic N) is 3. The molecule has 1 aromatic heterocycles. The first-order chi connectivity index (χ1) is 20.1. The van der Waals surface area contributed by atoms with Gasteiger partial charge in [0, 0.05) is 57.3 Å². The lowest BCUT2D eigenvalue weighted by molar-refractivity contribution is -0.193. The van der Waals surface area contributed by atoms with Crippen LogP contribution >= 0.6 is 0 Å². The molecule has 0 aromatic carbocycles. The molecule has 3 saturated heterocycles. The second-order valence-corrected chi connectivity index (χ2v) is 9.96. The standard InChI is InChI=1S/C18H29N3O2.3C2HF3O2/c1-19-5-7-20(8-6-19)12-18-17-11-21(4-2-16(17)14-23-18)10-15-3-9-22-13-15;3*3-2(4,5)1(6)7/h3,9,13,16-18H,2,4-8,10-12,14H2,1H3;3*(H,6,7)/t16-,17-,18+;;;/m0.../s1. The lowest BCUT2D eigenvalue weighted by Crippen LogP contribution is -2.49. The van der Waals surface area contributed by atoms with E-state index in [1.54, 1.807) is 6.26 Å². The first-order valence-corrected chi connectivity index (χ1v) is 12.8. The summed E-state index contributed by atoms with van der Waals surface area (Å²) in [6.07, 6.45) is -9.90. The summed E-state index contributed by atoms with van der Waals surface area (Å²) < 4.78 is 107. The summed E-state index contributed by atoms with van der Waals surface area (Å²) in [4.78, 5) is 34.3. The lowest BCUT2D eigenvalue weighted by atomic mass is 9.84. The number of furan rings is 1. The van der Waals surface area contributed by atoms with Crippen LogP contribution in [0.4, 0.5) is 39.5 Å². The molecule has 4 heterocycles. The Kier molecular flexibility index (Phi) is 14.9. The molecule has 0 unspecified atom stereocenters. The van der Waals surface area contributed by atoms with Crippen molar-refractivity contribution < 1.29 is 78.4 Å². The number of piperazine rings is 1. The van der Waals surface area contributed by atoms with Gasteiger partial charge in [0.2, 0.25) is 0 Å². The van der Waals surface area contributed by atoms with Crippen molar-refractivity contribution in [2.24, 2.45) is 11.8 Å². The summed E-state index contributed by atoms with van der Waals surface area (Å²) in [6, 6.07) is 2.08. The van der Waals surface area contributed by atoms with Gasteiger partial charge in [0.25, 0.3) is 0 Å². The SMILES string of the molecule is CN1CCN(C[C@H]2OC[C@@H]3CCN(Cc4ccoc4)C[C@@H]32)CC1.O=C(O)C(F)(F)F.O=C(O)C(F)(F)F.O=C(O)C(F)(F)F. The van der Waals surface area contributed by atoms with Crippen molar-refractivity contribution in [3.63, 3.8) is 0 Å². The third kappa shape index (κ3) is 14.6. The number of likely N-dealkylation sites (tertiary alicyclic amines) is 1. The van der Waals surface area contributed by atoms with Gasteiger partial charge in [0.15, 0.2) is 0 Å². The van der Waals surface area contributed by atoms with Crippen molar-refractivity contribution in [3.8, 4) is 0 Å². The maximum Gasteiger partial charge on any atom is 0.490 e. The maximum absolute atomic E-state index is 10.6. The predicted molar refractivity (Wildman–Crippen MR) is 130 cm³/mol. The maximum atomic E-state index is 10.6. The summed E-state index contributed by atoms with van der Waals surface area (Å²) in [5.41, 5.74) is 1.29. The Hall–Kier alpha value is -3.10. The van der Waals surface area contributed by atoms with Crippen LogP contribution in [0.1, 0.15) is 12.0 Å². The summed E-state index contributed by atoms with van der Waals surface area (Å²) in [7, 11) is 2.22. The molecule has 20 heteroatoms. The van der Waals surface area contributed by atoms with Gasteiger partial charge in [0.1, 0.15) is 0 Å². The largest absolute Gasteiger partial charge is 0.490 e. The number of halogens is 9. The second-order valence-electron chi connectivity index (χ2n) is 9.96. The van der Waals surface area contributed by atoms with Crippen LogP contribution in [0.3, 0.4) is 0 Å². The molecule has 3 fully saturated rings. The quantitative estimate of drug-likeness (QED) is 0.409. The molecule has 0 bridgehead atoms. The minimum absolute atomic E-state index is 0.426. The van der Waals surface area contributed by atoms with Crippen LogP contribution in [0.25, 0.3) is 0 Å². The van der Waals surface area contributed by atoms with Gasteiger partial charge in [-0.3, -0.25) is 9.80 Å². The van der Waals surface area contributed by atoms with Crippen LogP contribution in [0.2, 0.25) is 0 Å². The van der Waals surface area contributed by atoms with Crippen LogP contribution in [0.15, 0.2) is 23.0 Å². The number of carboxylic acids is 3. The van der Waals surface area contributed by atoms with Crippen molar-refractivity contribution in [1.29, 1.82) is 0 Å². The molecule has 0 amide bonds. The van der Waals surface area contributed by atoms with Gasteiger partial charge in [-0.2, -0.15) is 39.5 Å². The van der Waals surface area contributed by atoms with E-state index in [1.165, 1.54) is 51.3 Å². The van der Waals surface area contributed by atoms with Crippen molar-refractivity contribution in [3.05, 3.63) is 24.2 Å². The second kappa shape index (κ2) is 16.8. The third-order valence-corrected chi connectivity index (χ3v) is 6.64. The van der Waals surface area contributed by atoms with Gasteiger partial charge in [-0.05, 0) is 32.0 Å². The fraction of sp³-hybridized carbons (Fsp3) is 0.708. The molecule has 3 atom stereocenters. The van der Waals surface area contributed by atoms with Gasteiger partial charge < -0.3 is 29.4 Å². The fourth-order valence-corrected chi connectivity index (χ4v) is 4.36. The van der Waals surface area contributed by atoms with Gasteiger partial charge in [-0.25, -0.2) is 14.4 Å². The number of carbonyl (C=O) groups is 3. The van der Waals surface area contributed by atoms with Crippen molar-refractivity contribution >= 4 is 17.9 Å². The van der Waals surface area contributed by atoms with E-state index in [2.05, 4.69) is 27.8 Å². The number of alkyl halides is 9. The van der Waals surface area contributed by atoms with Crippen LogP contribution in [0, 0.1) is 11.8 Å². The molecule has 0 radical (unpaired) electrons. The molecule has 4 rings (SSSR count). The first-order valence-electron chi connectivity index (χ1n) is 12.8. The number of ether oxygens (including phenoxy) is 1. The van der Waals surface area contributed by atoms with E-state index >= 15 is 0 Å². The van der Waals surface area contributed by atoms with E-state index in [-0.39, 0.29) is 0 Å². The Morgan fingerprint density at radius 3 is 1.70 bits per heavy atom. The van der Waals surface area contributed by atoms with E-state index in [0.717, 1.165) is 25.6 Å². The minimum atomic E-state index is -5.08. The van der Waals surface area contributed by atoms with E-state index < -0.39 is 36.4 Å². The Bertz CT molecular complexity index is 971. The van der Waals surface area contributed by atoms with Crippen molar-refractivity contribution in [2.45, 2.75) is 37.6 Å². The molecule has 0 spiro atoms. The number of hydrogen-bond donors (Lipinski definition) is 3. The molecule has 1 aromatic rings. The molecule has 3 aliphatic heterocycles. The third-order valence-electron chi connectivity index (χ3n) is 6.64. The zero-order chi connectivity index (χ0) is 33.9. The van der Waals surface area contributed by atoms with Gasteiger partial charge in [-0.1, -0.05) is 0 Å². The molecule has 0 saturated carbocycles. The average Bonchev–Trinajstić information content (AvgIpc) is 3.55. The number of aliphatic carboxylic acids is 3. The minimum Gasteiger partial charge on any atom is -0.475 e. The molecule has 3 aliphatic rings. The van der Waals surface area contributed by atoms with Crippen molar-refractivity contribution in [1.82, 2.24) is 14.7 Å². The summed E-state index contributed by atoms with van der Waals surface area (Å²) in [5.74, 6) is -6.80. The highest BCUT2D eigenvalue weighted by molar-refractivity contribution is 5.73. The van der Waals surface area contributed by atoms with Crippen molar-refractivity contribution in [2.75, 3.05) is 59.5 Å². The zero-order valence-corrected chi connectivity index (χ0v) is 23.2. The van der Waals surface area contributed by atoms with E-state index in [1.807, 2.05) is 6.26 Å². The topological polar surface area (TPSA) is 144 Å². The first kappa shape index (κ1) is 38.9. The average molecular weight is 662 g/mol. The van der Waals surface area contributed by atoms with E-state index in [9.17, 15) is 39.5 Å². The lowest BCUT2D eigenvalue weighted by Gasteiger charge is -2.38. The molecule has 3 N–H and O–H groups in total. The highest BCUT2D eigenvalue weighted by Gasteiger charge is 2.42. The van der Waals surface area contributed by atoms with Crippen LogP contribution in [0.5, 0.6) is 0 Å². The molecule has 0 aliphatic carbocycles. The van der Waals surface area contributed by atoms with Crippen LogP contribution < -0.4 is 0 Å². The molecular weight excluding hydrogens is 629 g/mol. The molecule has 254 valence electrons. The van der Waals surface area contributed by atoms with Crippen LogP contribution in [-0.4, -0.2) is 132 Å². The normalized spacial score (nSPS) is 23.1. The highest BCUT2D eigenvalue weighted by Crippen LogP contribution is 2.35. The Labute approximate surface area is 244 Å². The van der Waals surface area contributed by atoms with Gasteiger partial charge >= 0.3 is 36.4 Å². The monoisotopic (exact) mass is 661 g/mol. The zero-order valence-electron chi connectivity index (χ0n) is 23.2. The van der Waals surface area contributed by atoms with Gasteiger partial charge in [0.05, 0.1) is 25.2 Å². The highest BCUT2D eigenvalue weighted by atomic mass is 19.4. The molecule has 44 heavy (non-hydrogen) atoms. The Morgan fingerprint density at radius 1 is 0.818 bits per heavy atom. The summed E-state index contributed by atoms with van der Waals surface area (Å²) >= 11 is 0. The number of hydrogen-bond acceptors (Lipinski definition) is 8. The number of fused-ring (bicyclic) bond motifs is 1. The number of likely N-dealkylation sites (N-methyl/N-ethyl adjacent to an activating group) is 1. The molecular formula is C24H32F9N3O8. The summed E-state index contributed by atoms with van der Waals surface area (Å²) in [6.45, 7) is 10.2. The number of piperidine rings is 1.